The van der Waals surface area contributed by atoms with E-state index in [1.165, 1.54) is 29.5 Å². The van der Waals surface area contributed by atoms with Crippen LogP contribution in [0, 0.1) is 5.82 Å². The zero-order valence-electron chi connectivity index (χ0n) is 15.4. The standard InChI is InChI=1S/C20H16Cl2FN3O3S/c21-13-3-6-16(15(22)9-13)29-11-18(24)25-26-20(27)19-17(7-8-30-19)28-10-12-1-4-14(23)5-2-12/h1-9H,10-11H2,(H2,24,25)(H,26,27). The number of nitrogens with zero attached hydrogens (tertiary/aromatic N) is 1. The van der Waals surface area contributed by atoms with Gasteiger partial charge < -0.3 is 15.2 Å². The van der Waals surface area contributed by atoms with E-state index in [1.54, 1.807) is 35.7 Å². The van der Waals surface area contributed by atoms with E-state index >= 15 is 0 Å². The summed E-state index contributed by atoms with van der Waals surface area (Å²) in [5.74, 6) is 0.0125. The topological polar surface area (TPSA) is 85.9 Å². The summed E-state index contributed by atoms with van der Waals surface area (Å²) in [5, 5.41) is 6.35. The first-order chi connectivity index (χ1) is 14.4. The number of thiophene rings is 1. The van der Waals surface area contributed by atoms with Crippen LogP contribution in [0.1, 0.15) is 15.2 Å². The Labute approximate surface area is 186 Å². The number of hydrogen-bond donors (Lipinski definition) is 2. The molecule has 0 fully saturated rings. The Morgan fingerprint density at radius 3 is 2.60 bits per heavy atom. The molecule has 1 heterocycles. The molecule has 0 aliphatic carbocycles. The lowest BCUT2D eigenvalue weighted by Crippen LogP contribution is -2.27. The fourth-order valence-electron chi connectivity index (χ4n) is 2.27. The van der Waals surface area contributed by atoms with Crippen molar-refractivity contribution < 1.29 is 18.7 Å². The predicted octanol–water partition coefficient (Wildman–Crippen LogP) is 4.85. The molecule has 3 rings (SSSR count). The largest absolute Gasteiger partial charge is 0.487 e. The molecule has 1 aromatic heterocycles. The minimum atomic E-state index is -0.480. The summed E-state index contributed by atoms with van der Waals surface area (Å²) in [5.41, 5.74) is 8.90. The number of ether oxygens (including phenoxy) is 2. The molecular weight excluding hydrogens is 452 g/mol. The lowest BCUT2D eigenvalue weighted by Gasteiger charge is -2.08. The van der Waals surface area contributed by atoms with Crippen molar-refractivity contribution >= 4 is 46.3 Å². The molecule has 0 unspecified atom stereocenters. The minimum absolute atomic E-state index is 0.0414. The molecule has 6 nitrogen and oxygen atoms in total. The third-order valence-electron chi connectivity index (χ3n) is 3.71. The summed E-state index contributed by atoms with van der Waals surface area (Å²) in [6.45, 7) is 0.110. The van der Waals surface area contributed by atoms with Crippen molar-refractivity contribution in [3.8, 4) is 11.5 Å². The third kappa shape index (κ3) is 6.09. The van der Waals surface area contributed by atoms with Gasteiger partial charge >= 0.3 is 0 Å². The van der Waals surface area contributed by atoms with Crippen LogP contribution in [0.4, 0.5) is 4.39 Å². The van der Waals surface area contributed by atoms with Crippen molar-refractivity contribution in [3.63, 3.8) is 0 Å². The van der Waals surface area contributed by atoms with Crippen LogP contribution in [0.2, 0.25) is 10.0 Å². The lowest BCUT2D eigenvalue weighted by atomic mass is 10.2. The maximum absolute atomic E-state index is 13.0. The number of carbonyl (C=O) groups excluding carboxylic acids is 1. The van der Waals surface area contributed by atoms with Crippen molar-refractivity contribution in [1.82, 2.24) is 5.43 Å². The van der Waals surface area contributed by atoms with E-state index in [4.69, 9.17) is 38.4 Å². The molecule has 2 aromatic carbocycles. The molecule has 0 aliphatic rings. The number of carbonyl (C=O) groups is 1. The quantitative estimate of drug-likeness (QED) is 0.281. The molecule has 0 aliphatic heterocycles. The zero-order chi connectivity index (χ0) is 21.5. The number of amides is 1. The van der Waals surface area contributed by atoms with E-state index in [2.05, 4.69) is 10.5 Å². The monoisotopic (exact) mass is 467 g/mol. The number of hydrogen-bond acceptors (Lipinski definition) is 5. The highest BCUT2D eigenvalue weighted by molar-refractivity contribution is 7.12. The van der Waals surface area contributed by atoms with Gasteiger partial charge in [0.1, 0.15) is 35.4 Å². The Kier molecular flexibility index (Phi) is 7.51. The first-order valence-electron chi connectivity index (χ1n) is 8.57. The summed E-state index contributed by atoms with van der Waals surface area (Å²) < 4.78 is 24.1. The zero-order valence-corrected chi connectivity index (χ0v) is 17.7. The van der Waals surface area contributed by atoms with Crippen LogP contribution in [0.25, 0.3) is 0 Å². The summed E-state index contributed by atoms with van der Waals surface area (Å²) in [4.78, 5) is 12.7. The number of nitrogens with two attached hydrogens (primary N) is 1. The average molecular weight is 468 g/mol. The molecule has 0 spiro atoms. The van der Waals surface area contributed by atoms with Gasteiger partial charge in [-0.2, -0.15) is 5.10 Å². The molecule has 1 amide bonds. The highest BCUT2D eigenvalue weighted by atomic mass is 35.5. The van der Waals surface area contributed by atoms with Crippen LogP contribution in [0.3, 0.4) is 0 Å². The van der Waals surface area contributed by atoms with Gasteiger partial charge in [-0.1, -0.05) is 35.3 Å². The fourth-order valence-corrected chi connectivity index (χ4v) is 3.45. The molecule has 30 heavy (non-hydrogen) atoms. The predicted molar refractivity (Wildman–Crippen MR) is 116 cm³/mol. The molecular formula is C20H16Cl2FN3O3S. The van der Waals surface area contributed by atoms with Gasteiger partial charge in [-0.25, -0.2) is 9.82 Å². The number of benzene rings is 2. The van der Waals surface area contributed by atoms with Crippen molar-refractivity contribution in [2.45, 2.75) is 6.61 Å². The summed E-state index contributed by atoms with van der Waals surface area (Å²) >= 11 is 13.0. The second kappa shape index (κ2) is 10.3. The van der Waals surface area contributed by atoms with Gasteiger partial charge in [0.15, 0.2) is 5.84 Å². The lowest BCUT2D eigenvalue weighted by molar-refractivity contribution is 0.0954. The van der Waals surface area contributed by atoms with Crippen molar-refractivity contribution in [2.24, 2.45) is 10.8 Å². The second-order valence-electron chi connectivity index (χ2n) is 5.94. The highest BCUT2D eigenvalue weighted by Gasteiger charge is 2.14. The molecule has 156 valence electrons. The van der Waals surface area contributed by atoms with Gasteiger partial charge in [-0.05, 0) is 47.3 Å². The molecule has 0 atom stereocenters. The SMILES string of the molecule is NC(COc1ccc(Cl)cc1Cl)=NNC(=O)c1sccc1OCc1ccc(F)cc1. The number of rotatable bonds is 8. The molecule has 3 aromatic rings. The van der Waals surface area contributed by atoms with Crippen LogP contribution in [0.5, 0.6) is 11.5 Å². The molecule has 0 saturated carbocycles. The number of halogens is 3. The number of hydrazone groups is 1. The van der Waals surface area contributed by atoms with Gasteiger partial charge in [0.2, 0.25) is 0 Å². The Morgan fingerprint density at radius 1 is 1.10 bits per heavy atom. The maximum atomic E-state index is 13.0. The van der Waals surface area contributed by atoms with E-state index < -0.39 is 5.91 Å². The third-order valence-corrected chi connectivity index (χ3v) is 5.14. The molecule has 0 saturated heterocycles. The van der Waals surface area contributed by atoms with E-state index in [1.807, 2.05) is 0 Å². The maximum Gasteiger partial charge on any atom is 0.285 e. The van der Waals surface area contributed by atoms with Gasteiger partial charge in [-0.15, -0.1) is 11.3 Å². The molecule has 10 heteroatoms. The van der Waals surface area contributed by atoms with Gasteiger partial charge in [0.25, 0.3) is 5.91 Å². The normalized spacial score (nSPS) is 11.2. The molecule has 0 bridgehead atoms. The fraction of sp³-hybridized carbons (Fsp3) is 0.100. The van der Waals surface area contributed by atoms with Crippen LogP contribution in [-0.2, 0) is 6.61 Å². The summed E-state index contributed by atoms with van der Waals surface area (Å²) in [6, 6.07) is 12.3. The number of nitrogens with one attached hydrogen (secondary N) is 1. The highest BCUT2D eigenvalue weighted by Crippen LogP contribution is 2.27. The van der Waals surface area contributed by atoms with Crippen molar-refractivity contribution in [1.29, 1.82) is 0 Å². The number of amidine groups is 1. The van der Waals surface area contributed by atoms with Crippen molar-refractivity contribution in [2.75, 3.05) is 6.61 Å². The first-order valence-corrected chi connectivity index (χ1v) is 10.2. The van der Waals surface area contributed by atoms with E-state index in [0.717, 1.165) is 5.56 Å². The minimum Gasteiger partial charge on any atom is -0.487 e. The Hall–Kier alpha value is -2.81. The van der Waals surface area contributed by atoms with Gasteiger partial charge in [0, 0.05) is 5.02 Å². The Morgan fingerprint density at radius 2 is 1.87 bits per heavy atom. The molecule has 3 N–H and O–H groups in total. The van der Waals surface area contributed by atoms with E-state index in [-0.39, 0.29) is 24.9 Å². The second-order valence-corrected chi connectivity index (χ2v) is 7.70. The van der Waals surface area contributed by atoms with Gasteiger partial charge in [0.05, 0.1) is 5.02 Å². The summed E-state index contributed by atoms with van der Waals surface area (Å²) in [6.07, 6.45) is 0. The van der Waals surface area contributed by atoms with E-state index in [0.29, 0.717) is 26.4 Å². The molecule has 0 radical (unpaired) electrons. The first kappa shape index (κ1) is 21.9. The van der Waals surface area contributed by atoms with E-state index in [9.17, 15) is 9.18 Å². The van der Waals surface area contributed by atoms with Crippen LogP contribution < -0.4 is 20.6 Å². The average Bonchev–Trinajstić information content (AvgIpc) is 3.19. The van der Waals surface area contributed by atoms with Gasteiger partial charge in [-0.3, -0.25) is 4.79 Å². The van der Waals surface area contributed by atoms with Crippen LogP contribution in [0.15, 0.2) is 59.0 Å². The Bertz CT molecular complexity index is 1060. The Balaban J connectivity index is 1.54. The van der Waals surface area contributed by atoms with Crippen molar-refractivity contribution in [3.05, 3.63) is 80.2 Å². The summed E-state index contributed by atoms with van der Waals surface area (Å²) in [7, 11) is 0. The smallest absolute Gasteiger partial charge is 0.285 e. The van der Waals surface area contributed by atoms with Crippen LogP contribution in [-0.4, -0.2) is 18.3 Å². The van der Waals surface area contributed by atoms with Crippen LogP contribution >= 0.6 is 34.5 Å².